The van der Waals surface area contributed by atoms with Crippen molar-refractivity contribution in [1.82, 2.24) is 15.5 Å². The van der Waals surface area contributed by atoms with Crippen LogP contribution in [0, 0.1) is 5.92 Å². The molecule has 6 nitrogen and oxygen atoms in total. The monoisotopic (exact) mass is 415 g/mol. The molecule has 0 spiro atoms. The summed E-state index contributed by atoms with van der Waals surface area (Å²) in [5.41, 5.74) is 0.525. The number of halogens is 2. The molecule has 2 aliphatic heterocycles. The van der Waals surface area contributed by atoms with E-state index in [0.29, 0.717) is 29.4 Å². The van der Waals surface area contributed by atoms with Gasteiger partial charge in [0.15, 0.2) is 0 Å². The molecule has 2 heterocycles. The second-order valence-corrected chi connectivity index (χ2v) is 7.43. The largest absolute Gasteiger partial charge is 0.496 e. The number of nitrogens with zero attached hydrogens (tertiary/aromatic N) is 1. The molecule has 8 heteroatoms. The molecular formula is C19H27Cl2N3O3. The highest BCUT2D eigenvalue weighted by Crippen LogP contribution is 2.26. The molecule has 2 saturated heterocycles. The Morgan fingerprint density at radius 1 is 1.33 bits per heavy atom. The second-order valence-electron chi connectivity index (χ2n) is 7.00. The van der Waals surface area contributed by atoms with Crippen molar-refractivity contribution in [1.29, 1.82) is 0 Å². The molecule has 2 fully saturated rings. The summed E-state index contributed by atoms with van der Waals surface area (Å²) >= 11 is 5.98. The van der Waals surface area contributed by atoms with E-state index in [9.17, 15) is 9.59 Å². The van der Waals surface area contributed by atoms with Gasteiger partial charge in [0.1, 0.15) is 5.75 Å². The molecule has 150 valence electrons. The molecule has 27 heavy (non-hydrogen) atoms. The van der Waals surface area contributed by atoms with Crippen molar-refractivity contribution in [3.05, 3.63) is 28.8 Å². The molecule has 3 rings (SSSR count). The topological polar surface area (TPSA) is 70.7 Å². The van der Waals surface area contributed by atoms with Crippen LogP contribution in [0.25, 0.3) is 0 Å². The number of hydrogen-bond donors (Lipinski definition) is 2. The standard InChI is InChI=1S/C19H26ClN3O3.ClH/c1-26-17-10-14(20)6-7-15(17)19(25)23-9-3-4-13(12-23)11-22-18(24)16-5-2-8-21-16;/h6-7,10,13,16,21H,2-5,8-9,11-12H2,1H3,(H,22,24);1H. The summed E-state index contributed by atoms with van der Waals surface area (Å²) in [4.78, 5) is 26.9. The maximum absolute atomic E-state index is 12.9. The number of nitrogens with one attached hydrogen (secondary N) is 2. The second kappa shape index (κ2) is 10.2. The molecule has 0 aliphatic carbocycles. The molecule has 2 atom stereocenters. The Morgan fingerprint density at radius 3 is 2.85 bits per heavy atom. The van der Waals surface area contributed by atoms with Crippen LogP contribution in [0.2, 0.25) is 5.02 Å². The van der Waals surface area contributed by atoms with Gasteiger partial charge in [0.25, 0.3) is 5.91 Å². The van der Waals surface area contributed by atoms with E-state index in [1.807, 2.05) is 4.90 Å². The molecular weight excluding hydrogens is 389 g/mol. The van der Waals surface area contributed by atoms with Gasteiger partial charge in [-0.15, -0.1) is 12.4 Å². The number of carbonyl (C=O) groups excluding carboxylic acids is 2. The van der Waals surface area contributed by atoms with E-state index in [4.69, 9.17) is 16.3 Å². The van der Waals surface area contributed by atoms with Crippen molar-refractivity contribution in [2.75, 3.05) is 33.3 Å². The Labute approximate surface area is 171 Å². The van der Waals surface area contributed by atoms with Crippen molar-refractivity contribution in [3.8, 4) is 5.75 Å². The minimum absolute atomic E-state index is 0. The fourth-order valence-corrected chi connectivity index (χ4v) is 3.87. The summed E-state index contributed by atoms with van der Waals surface area (Å²) in [6, 6.07) is 5.01. The first-order chi connectivity index (χ1) is 12.6. The van der Waals surface area contributed by atoms with E-state index in [1.165, 1.54) is 7.11 Å². The molecule has 2 unspecified atom stereocenters. The molecule has 2 aliphatic rings. The molecule has 0 saturated carbocycles. The predicted octanol–water partition coefficient (Wildman–Crippen LogP) is 2.49. The highest BCUT2D eigenvalue weighted by Gasteiger charge is 2.28. The number of hydrogen-bond acceptors (Lipinski definition) is 4. The summed E-state index contributed by atoms with van der Waals surface area (Å²) in [6.07, 6.45) is 3.90. The Kier molecular flexibility index (Phi) is 8.20. The minimum atomic E-state index is -0.0605. The highest BCUT2D eigenvalue weighted by atomic mass is 35.5. The zero-order valence-electron chi connectivity index (χ0n) is 15.5. The third kappa shape index (κ3) is 5.50. The average Bonchev–Trinajstić information content (AvgIpc) is 3.20. The maximum Gasteiger partial charge on any atom is 0.257 e. The van der Waals surface area contributed by atoms with Crippen LogP contribution in [-0.2, 0) is 4.79 Å². The SMILES string of the molecule is COc1cc(Cl)ccc1C(=O)N1CCCC(CNC(=O)C2CCCN2)C1.Cl. The van der Waals surface area contributed by atoms with Crippen LogP contribution in [0.3, 0.4) is 0 Å². The van der Waals surface area contributed by atoms with E-state index >= 15 is 0 Å². The van der Waals surface area contributed by atoms with Gasteiger partial charge >= 0.3 is 0 Å². The van der Waals surface area contributed by atoms with E-state index in [1.54, 1.807) is 18.2 Å². The Bertz CT molecular complexity index is 666. The molecule has 0 aromatic heterocycles. The van der Waals surface area contributed by atoms with Crippen LogP contribution in [-0.4, -0.2) is 56.0 Å². The number of likely N-dealkylation sites (tertiary alicyclic amines) is 1. The lowest BCUT2D eigenvalue weighted by molar-refractivity contribution is -0.123. The number of ether oxygens (including phenoxy) is 1. The average molecular weight is 416 g/mol. The Hall–Kier alpha value is -1.50. The first kappa shape index (κ1) is 21.8. The van der Waals surface area contributed by atoms with Gasteiger partial charge in [0, 0.05) is 24.7 Å². The van der Waals surface area contributed by atoms with E-state index in [2.05, 4.69) is 10.6 Å². The van der Waals surface area contributed by atoms with Gasteiger partial charge in [-0.1, -0.05) is 11.6 Å². The lowest BCUT2D eigenvalue weighted by Gasteiger charge is -2.33. The fourth-order valence-electron chi connectivity index (χ4n) is 3.70. The van der Waals surface area contributed by atoms with Gasteiger partial charge in [0.05, 0.1) is 18.7 Å². The lowest BCUT2D eigenvalue weighted by Crippen LogP contribution is -2.46. The number of piperidine rings is 1. The molecule has 1 aromatic rings. The van der Waals surface area contributed by atoms with Gasteiger partial charge in [-0.2, -0.15) is 0 Å². The minimum Gasteiger partial charge on any atom is -0.496 e. The lowest BCUT2D eigenvalue weighted by atomic mass is 9.97. The van der Waals surface area contributed by atoms with Crippen molar-refractivity contribution < 1.29 is 14.3 Å². The first-order valence-corrected chi connectivity index (χ1v) is 9.60. The summed E-state index contributed by atoms with van der Waals surface area (Å²) in [6.45, 7) is 2.88. The van der Waals surface area contributed by atoms with Gasteiger partial charge < -0.3 is 20.3 Å². The van der Waals surface area contributed by atoms with Crippen LogP contribution in [0.4, 0.5) is 0 Å². The van der Waals surface area contributed by atoms with Crippen molar-refractivity contribution >= 4 is 35.8 Å². The number of benzene rings is 1. The summed E-state index contributed by atoms with van der Waals surface area (Å²) in [7, 11) is 1.54. The third-order valence-corrected chi connectivity index (χ3v) is 5.38. The van der Waals surface area contributed by atoms with Crippen molar-refractivity contribution in [2.24, 2.45) is 5.92 Å². The van der Waals surface area contributed by atoms with E-state index in [-0.39, 0.29) is 36.2 Å². The van der Waals surface area contributed by atoms with Crippen LogP contribution in [0.5, 0.6) is 5.75 Å². The van der Waals surface area contributed by atoms with Crippen molar-refractivity contribution in [2.45, 2.75) is 31.7 Å². The molecule has 1 aromatic carbocycles. The first-order valence-electron chi connectivity index (χ1n) is 9.22. The number of carbonyl (C=O) groups is 2. The van der Waals surface area contributed by atoms with Gasteiger partial charge in [-0.05, 0) is 56.3 Å². The maximum atomic E-state index is 12.9. The third-order valence-electron chi connectivity index (χ3n) is 5.14. The van der Waals surface area contributed by atoms with Crippen LogP contribution in [0.15, 0.2) is 18.2 Å². The van der Waals surface area contributed by atoms with Gasteiger partial charge in [0.2, 0.25) is 5.91 Å². The van der Waals surface area contributed by atoms with E-state index < -0.39 is 0 Å². The fraction of sp³-hybridized carbons (Fsp3) is 0.579. The molecule has 2 N–H and O–H groups in total. The summed E-state index contributed by atoms with van der Waals surface area (Å²) in [5, 5.41) is 6.79. The van der Waals surface area contributed by atoms with Crippen LogP contribution in [0.1, 0.15) is 36.0 Å². The number of rotatable bonds is 5. The molecule has 0 bridgehead atoms. The van der Waals surface area contributed by atoms with E-state index in [0.717, 1.165) is 38.8 Å². The van der Waals surface area contributed by atoms with Crippen LogP contribution >= 0.6 is 24.0 Å². The Balaban J connectivity index is 0.00000261. The summed E-state index contributed by atoms with van der Waals surface area (Å²) in [5.74, 6) is 0.791. The predicted molar refractivity (Wildman–Crippen MR) is 108 cm³/mol. The highest BCUT2D eigenvalue weighted by molar-refractivity contribution is 6.30. The van der Waals surface area contributed by atoms with Gasteiger partial charge in [-0.3, -0.25) is 9.59 Å². The molecule has 0 radical (unpaired) electrons. The zero-order valence-corrected chi connectivity index (χ0v) is 17.1. The normalized spacial score (nSPS) is 22.1. The van der Waals surface area contributed by atoms with Crippen LogP contribution < -0.4 is 15.4 Å². The van der Waals surface area contributed by atoms with Gasteiger partial charge in [-0.25, -0.2) is 0 Å². The molecule has 2 amide bonds. The smallest absolute Gasteiger partial charge is 0.257 e. The van der Waals surface area contributed by atoms with Crippen molar-refractivity contribution in [3.63, 3.8) is 0 Å². The Morgan fingerprint density at radius 2 is 2.15 bits per heavy atom. The quantitative estimate of drug-likeness (QED) is 0.774. The number of amides is 2. The number of methoxy groups -OCH3 is 1. The summed E-state index contributed by atoms with van der Waals surface area (Å²) < 4.78 is 5.30. The zero-order chi connectivity index (χ0) is 18.5.